The minimum atomic E-state index is -0.665. The zero-order chi connectivity index (χ0) is 9.84. The molecule has 3 atom stereocenters. The van der Waals surface area contributed by atoms with Gasteiger partial charge < -0.3 is 5.11 Å². The minimum Gasteiger partial charge on any atom is -0.481 e. The third-order valence-electron chi connectivity index (χ3n) is 2.97. The Kier molecular flexibility index (Phi) is 3.52. The molecule has 0 spiro atoms. The van der Waals surface area contributed by atoms with Crippen LogP contribution < -0.4 is 0 Å². The van der Waals surface area contributed by atoms with Gasteiger partial charge in [-0.3, -0.25) is 4.79 Å². The largest absolute Gasteiger partial charge is 0.481 e. The molecule has 1 aliphatic carbocycles. The monoisotopic (exact) mass is 182 g/mol. The van der Waals surface area contributed by atoms with E-state index in [0.29, 0.717) is 11.8 Å². The predicted molar refractivity (Wildman–Crippen MR) is 52.4 cm³/mol. The molecule has 1 N–H and O–H groups in total. The van der Waals surface area contributed by atoms with Crippen LogP contribution >= 0.6 is 0 Å². The molecular weight excluding hydrogens is 164 g/mol. The molecule has 3 unspecified atom stereocenters. The third kappa shape index (κ3) is 2.87. The van der Waals surface area contributed by atoms with Crippen LogP contribution in [0.1, 0.15) is 33.1 Å². The molecule has 0 aromatic heterocycles. The van der Waals surface area contributed by atoms with Crippen LogP contribution in [0.5, 0.6) is 0 Å². The highest BCUT2D eigenvalue weighted by atomic mass is 16.4. The maximum Gasteiger partial charge on any atom is 0.306 e. The molecule has 0 aliphatic heterocycles. The van der Waals surface area contributed by atoms with E-state index in [1.807, 2.05) is 0 Å². The Balaban J connectivity index is 2.44. The summed E-state index contributed by atoms with van der Waals surface area (Å²) in [6.45, 7) is 3.97. The van der Waals surface area contributed by atoms with E-state index in [2.05, 4.69) is 19.1 Å². The summed E-state index contributed by atoms with van der Waals surface area (Å²) >= 11 is 0. The second kappa shape index (κ2) is 4.45. The lowest BCUT2D eigenvalue weighted by Gasteiger charge is -2.25. The van der Waals surface area contributed by atoms with Gasteiger partial charge in [0.15, 0.2) is 0 Å². The molecule has 0 radical (unpaired) electrons. The number of allylic oxidation sites excluding steroid dienone is 2. The van der Waals surface area contributed by atoms with Gasteiger partial charge in [0.05, 0.1) is 5.92 Å². The lowest BCUT2D eigenvalue weighted by Crippen LogP contribution is -2.20. The van der Waals surface area contributed by atoms with Gasteiger partial charge in [0.25, 0.3) is 0 Å². The average molecular weight is 182 g/mol. The zero-order valence-electron chi connectivity index (χ0n) is 8.36. The second-order valence-corrected chi connectivity index (χ2v) is 4.10. The van der Waals surface area contributed by atoms with Crippen LogP contribution in [0.2, 0.25) is 0 Å². The summed E-state index contributed by atoms with van der Waals surface area (Å²) in [5, 5.41) is 8.78. The van der Waals surface area contributed by atoms with Crippen molar-refractivity contribution in [2.45, 2.75) is 33.1 Å². The van der Waals surface area contributed by atoms with E-state index in [9.17, 15) is 4.79 Å². The standard InChI is InChI=1S/C11H18O2/c1-8-5-3-4-6-10(8)7-9(2)11(12)13/h3,5,8-10H,4,6-7H2,1-2H3,(H,12,13). The van der Waals surface area contributed by atoms with Crippen molar-refractivity contribution in [2.24, 2.45) is 17.8 Å². The SMILES string of the molecule is CC(CC1CCC=CC1C)C(=O)O. The molecule has 0 bridgehead atoms. The number of aliphatic carboxylic acids is 1. The Morgan fingerprint density at radius 2 is 2.38 bits per heavy atom. The summed E-state index contributed by atoms with van der Waals surface area (Å²) in [7, 11) is 0. The van der Waals surface area contributed by atoms with E-state index in [4.69, 9.17) is 5.11 Å². The number of hydrogen-bond donors (Lipinski definition) is 1. The summed E-state index contributed by atoms with van der Waals surface area (Å²) in [5.74, 6) is 0.257. The lowest BCUT2D eigenvalue weighted by atomic mass is 9.80. The van der Waals surface area contributed by atoms with Gasteiger partial charge in [-0.05, 0) is 31.1 Å². The highest BCUT2D eigenvalue weighted by Crippen LogP contribution is 2.29. The Bertz CT molecular complexity index is 208. The number of carboxylic acids is 1. The summed E-state index contributed by atoms with van der Waals surface area (Å²) in [6.07, 6.45) is 7.49. The molecule has 74 valence electrons. The van der Waals surface area contributed by atoms with E-state index < -0.39 is 5.97 Å². The summed E-state index contributed by atoms with van der Waals surface area (Å²) in [5.41, 5.74) is 0. The molecule has 0 aromatic carbocycles. The minimum absolute atomic E-state index is 0.195. The highest BCUT2D eigenvalue weighted by Gasteiger charge is 2.22. The molecule has 2 nitrogen and oxygen atoms in total. The maximum absolute atomic E-state index is 10.7. The summed E-state index contributed by atoms with van der Waals surface area (Å²) < 4.78 is 0. The first kappa shape index (κ1) is 10.3. The molecule has 0 heterocycles. The van der Waals surface area contributed by atoms with E-state index in [-0.39, 0.29) is 5.92 Å². The van der Waals surface area contributed by atoms with Crippen molar-refractivity contribution < 1.29 is 9.90 Å². The van der Waals surface area contributed by atoms with Gasteiger partial charge in [-0.2, -0.15) is 0 Å². The topological polar surface area (TPSA) is 37.3 Å². The molecule has 0 fully saturated rings. The molecule has 0 amide bonds. The van der Waals surface area contributed by atoms with Gasteiger partial charge in [-0.25, -0.2) is 0 Å². The van der Waals surface area contributed by atoms with E-state index in [1.54, 1.807) is 6.92 Å². The first-order valence-electron chi connectivity index (χ1n) is 5.00. The summed E-state index contributed by atoms with van der Waals surface area (Å²) in [6, 6.07) is 0. The normalized spacial score (nSPS) is 30.0. The van der Waals surface area contributed by atoms with Crippen molar-refractivity contribution in [1.82, 2.24) is 0 Å². The van der Waals surface area contributed by atoms with Crippen LogP contribution in [-0.2, 0) is 4.79 Å². The highest BCUT2D eigenvalue weighted by molar-refractivity contribution is 5.69. The molecule has 1 aliphatic rings. The van der Waals surface area contributed by atoms with Crippen LogP contribution in [0.3, 0.4) is 0 Å². The number of rotatable bonds is 3. The number of carbonyl (C=O) groups is 1. The van der Waals surface area contributed by atoms with Crippen LogP contribution in [0, 0.1) is 17.8 Å². The Morgan fingerprint density at radius 1 is 1.69 bits per heavy atom. The van der Waals surface area contributed by atoms with Crippen molar-refractivity contribution in [3.63, 3.8) is 0 Å². The molecule has 1 rings (SSSR count). The fraction of sp³-hybridized carbons (Fsp3) is 0.727. The smallest absolute Gasteiger partial charge is 0.306 e. The Hall–Kier alpha value is -0.790. The molecule has 2 heteroatoms. The van der Waals surface area contributed by atoms with Crippen LogP contribution in [0.15, 0.2) is 12.2 Å². The van der Waals surface area contributed by atoms with Crippen LogP contribution in [-0.4, -0.2) is 11.1 Å². The third-order valence-corrected chi connectivity index (χ3v) is 2.97. The average Bonchev–Trinajstić information content (AvgIpc) is 2.08. The van der Waals surface area contributed by atoms with Crippen LogP contribution in [0.25, 0.3) is 0 Å². The van der Waals surface area contributed by atoms with E-state index >= 15 is 0 Å². The predicted octanol–water partition coefficient (Wildman–Crippen LogP) is 2.70. The second-order valence-electron chi connectivity index (χ2n) is 4.10. The molecular formula is C11H18O2. The van der Waals surface area contributed by atoms with Gasteiger partial charge in [0.1, 0.15) is 0 Å². The van der Waals surface area contributed by atoms with Crippen LogP contribution in [0.4, 0.5) is 0 Å². The van der Waals surface area contributed by atoms with Gasteiger partial charge >= 0.3 is 5.97 Å². The fourth-order valence-corrected chi connectivity index (χ4v) is 1.93. The van der Waals surface area contributed by atoms with Gasteiger partial charge in [-0.15, -0.1) is 0 Å². The lowest BCUT2D eigenvalue weighted by molar-refractivity contribution is -0.141. The molecule has 0 saturated carbocycles. The van der Waals surface area contributed by atoms with Crippen molar-refractivity contribution in [2.75, 3.05) is 0 Å². The molecule has 0 saturated heterocycles. The van der Waals surface area contributed by atoms with Gasteiger partial charge in [0.2, 0.25) is 0 Å². The maximum atomic E-state index is 10.7. The quantitative estimate of drug-likeness (QED) is 0.681. The first-order valence-corrected chi connectivity index (χ1v) is 5.00. The van der Waals surface area contributed by atoms with E-state index in [1.165, 1.54) is 0 Å². The Labute approximate surface area is 79.6 Å². The fourth-order valence-electron chi connectivity index (χ4n) is 1.93. The molecule has 0 aromatic rings. The summed E-state index contributed by atoms with van der Waals surface area (Å²) in [4.78, 5) is 10.7. The van der Waals surface area contributed by atoms with Crippen molar-refractivity contribution in [1.29, 1.82) is 0 Å². The van der Waals surface area contributed by atoms with Crippen molar-refractivity contribution >= 4 is 5.97 Å². The van der Waals surface area contributed by atoms with Gasteiger partial charge in [0, 0.05) is 0 Å². The van der Waals surface area contributed by atoms with Crippen molar-refractivity contribution in [3.05, 3.63) is 12.2 Å². The van der Waals surface area contributed by atoms with Gasteiger partial charge in [-0.1, -0.05) is 26.0 Å². The number of carboxylic acid groups (broad SMARTS) is 1. The number of hydrogen-bond acceptors (Lipinski definition) is 1. The van der Waals surface area contributed by atoms with Crippen molar-refractivity contribution in [3.8, 4) is 0 Å². The first-order chi connectivity index (χ1) is 6.11. The Morgan fingerprint density at radius 3 is 2.92 bits per heavy atom. The molecule has 13 heavy (non-hydrogen) atoms. The van der Waals surface area contributed by atoms with E-state index in [0.717, 1.165) is 19.3 Å². The zero-order valence-corrected chi connectivity index (χ0v) is 8.36.